The second-order valence-corrected chi connectivity index (χ2v) is 9.09. The zero-order valence-electron chi connectivity index (χ0n) is 18.8. The highest BCUT2D eigenvalue weighted by Gasteiger charge is 2.30. The molecule has 6 N–H and O–H groups in total. The van der Waals surface area contributed by atoms with Gasteiger partial charge < -0.3 is 26.8 Å². The van der Waals surface area contributed by atoms with Crippen LogP contribution < -0.4 is 21.7 Å². The van der Waals surface area contributed by atoms with Crippen LogP contribution in [0.3, 0.4) is 0 Å². The highest BCUT2D eigenvalue weighted by Crippen LogP contribution is 2.12. The summed E-state index contributed by atoms with van der Waals surface area (Å²) in [6.45, 7) is 8.22. The van der Waals surface area contributed by atoms with Crippen molar-refractivity contribution >= 4 is 42.2 Å². The lowest BCUT2D eigenvalue weighted by atomic mass is 9.95. The number of thiol groups is 1. The molecule has 0 bridgehead atoms. The smallest absolute Gasteiger partial charge is 0.320 e. The summed E-state index contributed by atoms with van der Waals surface area (Å²) < 4.78 is 0. The summed E-state index contributed by atoms with van der Waals surface area (Å²) in [6, 6.07) is -2.43. The molecule has 30 heavy (non-hydrogen) atoms. The van der Waals surface area contributed by atoms with E-state index in [4.69, 9.17) is 5.73 Å². The molecular weight excluding hydrogens is 424 g/mol. The number of nitrogens with two attached hydrogens (primary N) is 1. The molecule has 176 valence electrons. The van der Waals surface area contributed by atoms with E-state index in [1.165, 1.54) is 0 Å². The number of hydrogen-bond donors (Lipinski definition) is 6. The van der Waals surface area contributed by atoms with Crippen molar-refractivity contribution in [1.82, 2.24) is 16.0 Å². The lowest BCUT2D eigenvalue weighted by Crippen LogP contribution is -2.58. The van der Waals surface area contributed by atoms with Gasteiger partial charge in [0, 0.05) is 18.3 Å². The summed E-state index contributed by atoms with van der Waals surface area (Å²) in [6.07, 6.45) is 3.96. The molecule has 2 amide bonds. The first-order valence-electron chi connectivity index (χ1n) is 10.5. The van der Waals surface area contributed by atoms with Gasteiger partial charge in [-0.15, -0.1) is 0 Å². The van der Waals surface area contributed by atoms with Crippen LogP contribution in [0.5, 0.6) is 0 Å². The molecule has 0 unspecified atom stereocenters. The first-order valence-corrected chi connectivity index (χ1v) is 12.6. The van der Waals surface area contributed by atoms with Gasteiger partial charge in [0.1, 0.15) is 12.1 Å². The zero-order valence-corrected chi connectivity index (χ0v) is 20.5. The Morgan fingerprint density at radius 3 is 2.13 bits per heavy atom. The van der Waals surface area contributed by atoms with Gasteiger partial charge in [0.2, 0.25) is 11.8 Å². The van der Waals surface area contributed by atoms with Crippen LogP contribution in [-0.4, -0.2) is 71.4 Å². The van der Waals surface area contributed by atoms with E-state index in [0.29, 0.717) is 19.4 Å². The molecule has 0 radical (unpaired) electrons. The topological polar surface area (TPSA) is 134 Å². The molecule has 0 aliphatic rings. The van der Waals surface area contributed by atoms with Crippen molar-refractivity contribution in [3.8, 4) is 0 Å². The summed E-state index contributed by atoms with van der Waals surface area (Å²) in [7, 11) is 0. The molecule has 0 heterocycles. The number of hydrogen-bond acceptors (Lipinski definition) is 7. The van der Waals surface area contributed by atoms with Crippen molar-refractivity contribution in [2.45, 2.75) is 71.1 Å². The van der Waals surface area contributed by atoms with E-state index < -0.39 is 30.0 Å². The summed E-state index contributed by atoms with van der Waals surface area (Å²) in [5, 5.41) is 18.3. The Balaban J connectivity index is 5.26. The maximum Gasteiger partial charge on any atom is 0.320 e. The van der Waals surface area contributed by atoms with E-state index in [9.17, 15) is 19.5 Å². The maximum absolute atomic E-state index is 13.0. The number of thioether (sulfide) groups is 1. The number of amides is 2. The van der Waals surface area contributed by atoms with Gasteiger partial charge >= 0.3 is 5.97 Å². The van der Waals surface area contributed by atoms with Gasteiger partial charge in [-0.05, 0) is 30.3 Å². The van der Waals surface area contributed by atoms with Gasteiger partial charge in [0.05, 0.1) is 6.04 Å². The molecule has 10 heteroatoms. The number of carbonyl (C=O) groups is 3. The number of carbonyl (C=O) groups excluding carboxylic acids is 2. The molecule has 0 fully saturated rings. The minimum absolute atomic E-state index is 0.0834. The molecule has 0 aliphatic carbocycles. The SMILES string of the molecule is CC[C@H](C)[C@H](CN[C@@H](CCSC)C(=O)O)NC(=O)[C@@H](NC(=O)[C@@H](N)CS)[C@@H](C)CC. The van der Waals surface area contributed by atoms with Gasteiger partial charge in [0.15, 0.2) is 0 Å². The third-order valence-corrected chi connectivity index (χ3v) is 6.52. The van der Waals surface area contributed by atoms with E-state index in [-0.39, 0.29) is 29.5 Å². The Bertz CT molecular complexity index is 539. The molecular formula is C20H40N4O4S2. The normalized spacial score (nSPS) is 17.3. The van der Waals surface area contributed by atoms with Crippen molar-refractivity contribution in [2.75, 3.05) is 24.3 Å². The lowest BCUT2D eigenvalue weighted by Gasteiger charge is -2.30. The molecule has 6 atom stereocenters. The fourth-order valence-corrected chi connectivity index (χ4v) is 3.45. The Kier molecular flexibility index (Phi) is 15.3. The lowest BCUT2D eigenvalue weighted by molar-refractivity contribution is -0.139. The van der Waals surface area contributed by atoms with Crippen molar-refractivity contribution in [2.24, 2.45) is 17.6 Å². The number of nitrogens with one attached hydrogen (secondary N) is 3. The standard InChI is InChI=1S/C20H40N4O4S2/c1-6-12(3)16(10-22-15(20(27)28)8-9-30-5)23-19(26)17(13(4)7-2)24-18(25)14(21)11-29/h12-17,22,29H,6-11,21H2,1-5H3,(H,23,26)(H,24,25)(H,27,28)/t12-,13-,14-,15-,16-,17-/m0/s1. The summed E-state index contributed by atoms with van der Waals surface area (Å²) in [4.78, 5) is 36.8. The number of carboxylic acid groups (broad SMARTS) is 1. The summed E-state index contributed by atoms with van der Waals surface area (Å²) in [5.74, 6) is -0.628. The molecule has 0 aromatic heterocycles. The monoisotopic (exact) mass is 464 g/mol. The Labute approximate surface area is 190 Å². The van der Waals surface area contributed by atoms with E-state index in [0.717, 1.165) is 12.2 Å². The molecule has 0 saturated carbocycles. The predicted molar refractivity (Wildman–Crippen MR) is 127 cm³/mol. The fourth-order valence-electron chi connectivity index (χ4n) is 2.81. The van der Waals surface area contributed by atoms with E-state index >= 15 is 0 Å². The van der Waals surface area contributed by atoms with Gasteiger partial charge in [-0.2, -0.15) is 24.4 Å². The van der Waals surface area contributed by atoms with Crippen LogP contribution in [0, 0.1) is 11.8 Å². The highest BCUT2D eigenvalue weighted by molar-refractivity contribution is 7.98. The summed E-state index contributed by atoms with van der Waals surface area (Å²) in [5.41, 5.74) is 5.74. The van der Waals surface area contributed by atoms with Crippen LogP contribution in [0.25, 0.3) is 0 Å². The van der Waals surface area contributed by atoms with Gasteiger partial charge in [-0.25, -0.2) is 0 Å². The maximum atomic E-state index is 13.0. The van der Waals surface area contributed by atoms with E-state index in [1.54, 1.807) is 11.8 Å². The van der Waals surface area contributed by atoms with Crippen LogP contribution in [0.15, 0.2) is 0 Å². The van der Waals surface area contributed by atoms with Crippen molar-refractivity contribution in [1.29, 1.82) is 0 Å². The molecule has 8 nitrogen and oxygen atoms in total. The fraction of sp³-hybridized carbons (Fsp3) is 0.850. The van der Waals surface area contributed by atoms with E-state index in [2.05, 4.69) is 28.6 Å². The highest BCUT2D eigenvalue weighted by atomic mass is 32.2. The molecule has 0 aromatic rings. The molecule has 0 spiro atoms. The number of aliphatic carboxylic acids is 1. The third kappa shape index (κ3) is 10.4. The molecule has 0 aromatic carbocycles. The number of rotatable bonds is 16. The largest absolute Gasteiger partial charge is 0.480 e. The van der Waals surface area contributed by atoms with Gasteiger partial charge in [0.25, 0.3) is 0 Å². The Hall–Kier alpha value is -0.970. The van der Waals surface area contributed by atoms with Crippen LogP contribution in [-0.2, 0) is 14.4 Å². The van der Waals surface area contributed by atoms with Crippen molar-refractivity contribution in [3.63, 3.8) is 0 Å². The van der Waals surface area contributed by atoms with Gasteiger partial charge in [-0.3, -0.25) is 14.4 Å². The Morgan fingerprint density at radius 1 is 1.07 bits per heavy atom. The van der Waals surface area contributed by atoms with Crippen LogP contribution in [0.1, 0.15) is 47.0 Å². The average Bonchev–Trinajstić information content (AvgIpc) is 2.73. The zero-order chi connectivity index (χ0) is 23.3. The van der Waals surface area contributed by atoms with Crippen LogP contribution >= 0.6 is 24.4 Å². The van der Waals surface area contributed by atoms with Crippen molar-refractivity contribution < 1.29 is 19.5 Å². The molecule has 0 saturated heterocycles. The average molecular weight is 465 g/mol. The second-order valence-electron chi connectivity index (χ2n) is 7.74. The minimum Gasteiger partial charge on any atom is -0.480 e. The van der Waals surface area contributed by atoms with Crippen LogP contribution in [0.4, 0.5) is 0 Å². The van der Waals surface area contributed by atoms with E-state index in [1.807, 2.05) is 34.0 Å². The first-order chi connectivity index (χ1) is 14.1. The second kappa shape index (κ2) is 15.8. The minimum atomic E-state index is -0.899. The quantitative estimate of drug-likeness (QED) is 0.188. The predicted octanol–water partition coefficient (Wildman–Crippen LogP) is 1.10. The summed E-state index contributed by atoms with van der Waals surface area (Å²) >= 11 is 5.64. The number of carboxylic acids is 1. The van der Waals surface area contributed by atoms with Crippen molar-refractivity contribution in [3.05, 3.63) is 0 Å². The first kappa shape index (κ1) is 29.0. The van der Waals surface area contributed by atoms with Gasteiger partial charge in [-0.1, -0.05) is 40.5 Å². The third-order valence-electron chi connectivity index (χ3n) is 5.48. The van der Waals surface area contributed by atoms with Crippen LogP contribution in [0.2, 0.25) is 0 Å². The Morgan fingerprint density at radius 2 is 1.67 bits per heavy atom. The molecule has 0 rings (SSSR count). The molecule has 0 aliphatic heterocycles.